The molecule has 1 unspecified atom stereocenters. The van der Waals surface area contributed by atoms with Gasteiger partial charge in [0.25, 0.3) is 0 Å². The van der Waals surface area contributed by atoms with Gasteiger partial charge in [0.2, 0.25) is 5.91 Å². The van der Waals surface area contributed by atoms with E-state index < -0.39 is 12.2 Å². The van der Waals surface area contributed by atoms with Crippen LogP contribution < -0.4 is 0 Å². The van der Waals surface area contributed by atoms with E-state index in [1.165, 1.54) is 6.42 Å². The number of carbonyl (C=O) groups excluding carboxylic acids is 2. The van der Waals surface area contributed by atoms with E-state index in [1.54, 1.807) is 4.90 Å². The molecular weight excluding hydrogens is 324 g/mol. The number of likely N-dealkylation sites (N-methyl/N-ethyl adjacent to an activating group) is 1. The van der Waals surface area contributed by atoms with Crippen LogP contribution in [0.25, 0.3) is 0 Å². The third kappa shape index (κ3) is 4.07. The Bertz CT molecular complexity index is 505. The molecule has 25 heavy (non-hydrogen) atoms. The second-order valence-electron chi connectivity index (χ2n) is 7.72. The van der Waals surface area contributed by atoms with Crippen LogP contribution in [-0.2, 0) is 9.53 Å². The van der Waals surface area contributed by atoms with E-state index in [0.29, 0.717) is 45.1 Å². The molecule has 0 aliphatic carbocycles. The molecule has 8 nitrogen and oxygen atoms in total. The summed E-state index contributed by atoms with van der Waals surface area (Å²) in [6.07, 6.45) is 2.24. The Balaban J connectivity index is 1.46. The number of aliphatic hydroxyl groups is 1. The van der Waals surface area contributed by atoms with Crippen molar-refractivity contribution >= 4 is 12.0 Å². The summed E-state index contributed by atoms with van der Waals surface area (Å²) in [6, 6.07) is 0.602. The summed E-state index contributed by atoms with van der Waals surface area (Å²) in [7, 11) is 4.23. The molecule has 0 aromatic rings. The zero-order valence-electron chi connectivity index (χ0n) is 15.3. The average Bonchev–Trinajstić information content (AvgIpc) is 3.18. The number of rotatable bonds is 5. The Kier molecular flexibility index (Phi) is 5.50. The molecule has 1 N–H and O–H groups in total. The Morgan fingerprint density at radius 2 is 2.00 bits per heavy atom. The van der Waals surface area contributed by atoms with Crippen molar-refractivity contribution in [2.75, 3.05) is 66.5 Å². The van der Waals surface area contributed by atoms with Crippen molar-refractivity contribution in [3.63, 3.8) is 0 Å². The normalized spacial score (nSPS) is 26.7. The van der Waals surface area contributed by atoms with Crippen LogP contribution in [0.4, 0.5) is 4.79 Å². The fraction of sp³-hybridized carbons (Fsp3) is 0.882. The van der Waals surface area contributed by atoms with Crippen LogP contribution in [-0.4, -0.2) is 115 Å². The van der Waals surface area contributed by atoms with E-state index in [2.05, 4.69) is 23.9 Å². The monoisotopic (exact) mass is 354 g/mol. The van der Waals surface area contributed by atoms with Crippen LogP contribution in [0.3, 0.4) is 0 Å². The first-order valence-corrected chi connectivity index (χ1v) is 9.18. The molecule has 3 aliphatic heterocycles. The topological polar surface area (TPSA) is 76.6 Å². The number of likely N-dealkylation sites (tertiary alicyclic amines) is 2. The standard InChI is InChI=1S/C17H30N4O4/c1-18(2)14-3-6-19(11-14)9-10-21-13-17(25-16(21)24)4-7-20(8-5-17)15(23)12-22/h14,22H,3-13H2,1-2H3. The highest BCUT2D eigenvalue weighted by Gasteiger charge is 2.47. The summed E-state index contributed by atoms with van der Waals surface area (Å²) in [4.78, 5) is 32.0. The van der Waals surface area contributed by atoms with Crippen molar-refractivity contribution in [3.8, 4) is 0 Å². The lowest BCUT2D eigenvalue weighted by molar-refractivity contribution is -0.137. The van der Waals surface area contributed by atoms with Crippen LogP contribution in [0.5, 0.6) is 0 Å². The molecule has 0 saturated carbocycles. The highest BCUT2D eigenvalue weighted by atomic mass is 16.6. The number of hydrogen-bond acceptors (Lipinski definition) is 6. The summed E-state index contributed by atoms with van der Waals surface area (Å²) in [6.45, 7) is 4.94. The number of hydrogen-bond donors (Lipinski definition) is 1. The maximum Gasteiger partial charge on any atom is 0.410 e. The van der Waals surface area contributed by atoms with E-state index in [1.807, 2.05) is 4.90 Å². The van der Waals surface area contributed by atoms with Gasteiger partial charge in [-0.3, -0.25) is 9.69 Å². The lowest BCUT2D eigenvalue weighted by Gasteiger charge is -2.37. The molecule has 0 radical (unpaired) electrons. The zero-order chi connectivity index (χ0) is 18.0. The van der Waals surface area contributed by atoms with E-state index in [4.69, 9.17) is 9.84 Å². The molecule has 142 valence electrons. The molecule has 8 heteroatoms. The van der Waals surface area contributed by atoms with E-state index in [9.17, 15) is 9.59 Å². The lowest BCUT2D eigenvalue weighted by Crippen LogP contribution is -2.49. The number of nitrogens with zero attached hydrogens (tertiary/aromatic N) is 4. The molecule has 3 fully saturated rings. The molecule has 3 aliphatic rings. The third-order valence-electron chi connectivity index (χ3n) is 5.87. The zero-order valence-corrected chi connectivity index (χ0v) is 15.3. The van der Waals surface area contributed by atoms with Gasteiger partial charge in [0.15, 0.2) is 0 Å². The smallest absolute Gasteiger partial charge is 0.410 e. The van der Waals surface area contributed by atoms with Gasteiger partial charge in [0.05, 0.1) is 6.54 Å². The van der Waals surface area contributed by atoms with Crippen LogP contribution in [0.15, 0.2) is 0 Å². The summed E-state index contributed by atoms with van der Waals surface area (Å²) < 4.78 is 5.70. The van der Waals surface area contributed by atoms with Gasteiger partial charge in [0, 0.05) is 51.6 Å². The number of carbonyl (C=O) groups is 2. The molecule has 2 amide bonds. The molecule has 0 aromatic heterocycles. The third-order valence-corrected chi connectivity index (χ3v) is 5.87. The highest BCUT2D eigenvalue weighted by Crippen LogP contribution is 2.33. The Hall–Kier alpha value is -1.38. The van der Waals surface area contributed by atoms with Gasteiger partial charge in [0.1, 0.15) is 12.2 Å². The summed E-state index contributed by atoms with van der Waals surface area (Å²) in [5.74, 6) is -0.250. The summed E-state index contributed by atoms with van der Waals surface area (Å²) in [5.41, 5.74) is -0.458. The molecule has 0 bridgehead atoms. The Morgan fingerprint density at radius 1 is 1.28 bits per heavy atom. The number of aliphatic hydroxyl groups excluding tert-OH is 1. The quantitative estimate of drug-likeness (QED) is 0.712. The molecule has 1 atom stereocenters. The van der Waals surface area contributed by atoms with Crippen molar-refractivity contribution in [1.29, 1.82) is 0 Å². The molecule has 0 aromatic carbocycles. The fourth-order valence-corrected chi connectivity index (χ4v) is 4.09. The van der Waals surface area contributed by atoms with Gasteiger partial charge < -0.3 is 24.5 Å². The van der Waals surface area contributed by atoms with Gasteiger partial charge in [-0.05, 0) is 27.1 Å². The lowest BCUT2D eigenvalue weighted by atomic mass is 9.91. The first kappa shape index (κ1) is 18.4. The van der Waals surface area contributed by atoms with Crippen LogP contribution >= 0.6 is 0 Å². The minimum atomic E-state index is -0.458. The minimum absolute atomic E-state index is 0.231. The van der Waals surface area contributed by atoms with Gasteiger partial charge in [-0.15, -0.1) is 0 Å². The Labute approximate surface area is 149 Å². The van der Waals surface area contributed by atoms with E-state index in [0.717, 1.165) is 19.6 Å². The Morgan fingerprint density at radius 3 is 2.60 bits per heavy atom. The van der Waals surface area contributed by atoms with Gasteiger partial charge in [-0.25, -0.2) is 4.79 Å². The molecule has 1 spiro atoms. The first-order chi connectivity index (χ1) is 11.9. The molecule has 3 heterocycles. The number of amides is 2. The van der Waals surface area contributed by atoms with Crippen molar-refractivity contribution in [3.05, 3.63) is 0 Å². The number of ether oxygens (including phenoxy) is 1. The van der Waals surface area contributed by atoms with Crippen molar-refractivity contribution in [2.24, 2.45) is 0 Å². The minimum Gasteiger partial charge on any atom is -0.441 e. The van der Waals surface area contributed by atoms with Crippen LogP contribution in [0.2, 0.25) is 0 Å². The largest absolute Gasteiger partial charge is 0.441 e. The predicted molar refractivity (Wildman–Crippen MR) is 92.2 cm³/mol. The van der Waals surface area contributed by atoms with E-state index >= 15 is 0 Å². The summed E-state index contributed by atoms with van der Waals surface area (Å²) >= 11 is 0. The van der Waals surface area contributed by atoms with Crippen LogP contribution in [0.1, 0.15) is 19.3 Å². The van der Waals surface area contributed by atoms with Crippen molar-refractivity contribution < 1.29 is 19.4 Å². The maximum atomic E-state index is 12.3. The summed E-state index contributed by atoms with van der Waals surface area (Å²) in [5, 5.41) is 8.96. The van der Waals surface area contributed by atoms with Crippen LogP contribution in [0, 0.1) is 0 Å². The highest BCUT2D eigenvalue weighted by molar-refractivity contribution is 5.77. The maximum absolute atomic E-state index is 12.3. The average molecular weight is 354 g/mol. The second kappa shape index (κ2) is 7.47. The second-order valence-corrected chi connectivity index (χ2v) is 7.72. The SMILES string of the molecule is CN(C)C1CCN(CCN2CC3(CCN(C(=O)CO)CC3)OC2=O)C1. The first-order valence-electron chi connectivity index (χ1n) is 9.18. The fourth-order valence-electron chi connectivity index (χ4n) is 4.09. The molecule has 3 saturated heterocycles. The van der Waals surface area contributed by atoms with E-state index in [-0.39, 0.29) is 12.0 Å². The van der Waals surface area contributed by atoms with Gasteiger partial charge in [-0.1, -0.05) is 0 Å². The number of piperidine rings is 1. The molecular formula is C17H30N4O4. The van der Waals surface area contributed by atoms with Gasteiger partial charge >= 0.3 is 6.09 Å². The predicted octanol–water partition coefficient (Wildman–Crippen LogP) is -0.572. The van der Waals surface area contributed by atoms with Crippen molar-refractivity contribution in [1.82, 2.24) is 19.6 Å². The van der Waals surface area contributed by atoms with Crippen molar-refractivity contribution in [2.45, 2.75) is 30.9 Å². The molecule has 3 rings (SSSR count). The van der Waals surface area contributed by atoms with Gasteiger partial charge in [-0.2, -0.15) is 0 Å².